The number of likely N-dealkylation sites (tertiary alicyclic amines) is 1. The van der Waals surface area contributed by atoms with Crippen molar-refractivity contribution in [3.63, 3.8) is 0 Å². The predicted octanol–water partition coefficient (Wildman–Crippen LogP) is 0.705. The van der Waals surface area contributed by atoms with Crippen LogP contribution in [0.15, 0.2) is 42.5 Å². The predicted molar refractivity (Wildman–Crippen MR) is 141 cm³/mol. The van der Waals surface area contributed by atoms with Crippen molar-refractivity contribution in [1.29, 1.82) is 0 Å². The Hall–Kier alpha value is -4.42. The molecule has 2 rings (SSSR count). The van der Waals surface area contributed by atoms with E-state index in [2.05, 4.69) is 15.4 Å². The zero-order valence-electron chi connectivity index (χ0n) is 22.6. The van der Waals surface area contributed by atoms with E-state index in [1.807, 2.05) is 6.07 Å². The molecule has 40 heavy (non-hydrogen) atoms. The van der Waals surface area contributed by atoms with Crippen molar-refractivity contribution in [2.75, 3.05) is 20.8 Å². The first-order valence-corrected chi connectivity index (χ1v) is 12.8. The molecule has 218 valence electrons. The molecule has 0 unspecified atom stereocenters. The van der Waals surface area contributed by atoms with Crippen molar-refractivity contribution in [2.24, 2.45) is 5.73 Å². The SMILES string of the molecule is COC(=O)/C=C/CC[C@H](NC(=O)OCc1ccccc1)C(=O)N[C@@H](CCC(N)=O)C(=O)N1CCC[C@H]1C(=O)OC. The van der Waals surface area contributed by atoms with E-state index in [4.69, 9.17) is 15.2 Å². The maximum atomic E-state index is 13.4. The van der Waals surface area contributed by atoms with Gasteiger partial charge in [-0.3, -0.25) is 14.4 Å². The van der Waals surface area contributed by atoms with E-state index in [0.29, 0.717) is 12.8 Å². The fourth-order valence-corrected chi connectivity index (χ4v) is 4.11. The van der Waals surface area contributed by atoms with E-state index >= 15 is 0 Å². The molecule has 4 N–H and O–H groups in total. The minimum Gasteiger partial charge on any atom is -0.467 e. The van der Waals surface area contributed by atoms with Gasteiger partial charge in [-0.25, -0.2) is 14.4 Å². The van der Waals surface area contributed by atoms with Crippen LogP contribution in [0.4, 0.5) is 4.79 Å². The Morgan fingerprint density at radius 2 is 1.75 bits per heavy atom. The number of hydrogen-bond donors (Lipinski definition) is 3. The largest absolute Gasteiger partial charge is 0.467 e. The third kappa shape index (κ3) is 10.4. The van der Waals surface area contributed by atoms with E-state index in [1.165, 1.54) is 31.3 Å². The third-order valence-electron chi connectivity index (χ3n) is 6.20. The van der Waals surface area contributed by atoms with Crippen molar-refractivity contribution in [1.82, 2.24) is 15.5 Å². The van der Waals surface area contributed by atoms with Crippen LogP contribution in [-0.4, -0.2) is 79.5 Å². The van der Waals surface area contributed by atoms with Crippen LogP contribution in [0, 0.1) is 0 Å². The molecule has 1 aromatic carbocycles. The number of methoxy groups -OCH3 is 2. The molecule has 0 spiro atoms. The molecule has 1 heterocycles. The minimum absolute atomic E-state index is 0.0349. The van der Waals surface area contributed by atoms with Gasteiger partial charge in [-0.2, -0.15) is 0 Å². The van der Waals surface area contributed by atoms with Gasteiger partial charge < -0.3 is 35.5 Å². The van der Waals surface area contributed by atoms with Gasteiger partial charge in [0.2, 0.25) is 17.7 Å². The molecule has 0 radical (unpaired) electrons. The number of alkyl carbamates (subject to hydrolysis) is 1. The zero-order valence-corrected chi connectivity index (χ0v) is 22.6. The lowest BCUT2D eigenvalue weighted by Crippen LogP contribution is -2.56. The molecule has 13 nitrogen and oxygen atoms in total. The highest BCUT2D eigenvalue weighted by Gasteiger charge is 2.39. The second-order valence-electron chi connectivity index (χ2n) is 9.04. The average Bonchev–Trinajstić information content (AvgIpc) is 3.45. The number of nitrogens with zero attached hydrogens (tertiary/aromatic N) is 1. The van der Waals surface area contributed by atoms with Gasteiger partial charge in [0.15, 0.2) is 0 Å². The average molecular weight is 561 g/mol. The van der Waals surface area contributed by atoms with Crippen LogP contribution in [0.3, 0.4) is 0 Å². The molecule has 4 amide bonds. The summed E-state index contributed by atoms with van der Waals surface area (Å²) in [4.78, 5) is 75.5. The Bertz CT molecular complexity index is 1080. The van der Waals surface area contributed by atoms with Gasteiger partial charge in [-0.05, 0) is 37.7 Å². The van der Waals surface area contributed by atoms with Crippen LogP contribution in [-0.2, 0) is 44.8 Å². The Kier molecular flexibility index (Phi) is 13.1. The van der Waals surface area contributed by atoms with Crippen molar-refractivity contribution in [3.05, 3.63) is 48.0 Å². The summed E-state index contributed by atoms with van der Waals surface area (Å²) < 4.78 is 14.6. The number of amides is 4. The summed E-state index contributed by atoms with van der Waals surface area (Å²) in [5.41, 5.74) is 6.02. The standard InChI is InChI=1S/C27H36N4O9/c1-38-23(33)13-7-6-11-19(30-27(37)40-17-18-9-4-3-5-10-18)24(34)29-20(14-15-22(28)32)25(35)31-16-8-12-21(31)26(36)39-2/h3-5,7,9-10,13,19-21H,6,8,11-12,14-17H2,1-2H3,(H2,28,32)(H,29,34)(H,30,37)/b13-7+/t19-,20-,21-/m0/s1. The lowest BCUT2D eigenvalue weighted by Gasteiger charge is -2.29. The number of allylic oxidation sites excluding steroid dienone is 1. The van der Waals surface area contributed by atoms with Crippen molar-refractivity contribution < 1.29 is 43.0 Å². The fraction of sp³-hybridized carbons (Fsp3) is 0.481. The fourth-order valence-electron chi connectivity index (χ4n) is 4.11. The summed E-state index contributed by atoms with van der Waals surface area (Å²) in [5, 5.41) is 5.08. The van der Waals surface area contributed by atoms with Gasteiger partial charge >= 0.3 is 18.0 Å². The van der Waals surface area contributed by atoms with Crippen LogP contribution in [0.5, 0.6) is 0 Å². The molecule has 0 aliphatic carbocycles. The molecule has 1 aromatic rings. The monoisotopic (exact) mass is 560 g/mol. The molecular weight excluding hydrogens is 524 g/mol. The summed E-state index contributed by atoms with van der Waals surface area (Å²) in [6, 6.07) is 5.76. The lowest BCUT2D eigenvalue weighted by molar-refractivity contribution is -0.152. The second kappa shape index (κ2) is 16.5. The van der Waals surface area contributed by atoms with Gasteiger partial charge in [0.25, 0.3) is 0 Å². The van der Waals surface area contributed by atoms with Crippen molar-refractivity contribution >= 4 is 35.8 Å². The molecular formula is C27H36N4O9. The van der Waals surface area contributed by atoms with Crippen LogP contribution in [0.25, 0.3) is 0 Å². The zero-order chi connectivity index (χ0) is 29.5. The van der Waals surface area contributed by atoms with Crippen LogP contribution in [0.2, 0.25) is 0 Å². The van der Waals surface area contributed by atoms with Crippen LogP contribution < -0.4 is 16.4 Å². The molecule has 1 aliphatic heterocycles. The highest BCUT2D eigenvalue weighted by molar-refractivity contribution is 5.93. The quantitative estimate of drug-likeness (QED) is 0.167. The molecule has 1 fully saturated rings. The molecule has 0 saturated carbocycles. The first-order chi connectivity index (χ1) is 19.2. The van der Waals surface area contributed by atoms with E-state index in [9.17, 15) is 28.8 Å². The number of nitrogens with one attached hydrogen (secondary N) is 2. The summed E-state index contributed by atoms with van der Waals surface area (Å²) >= 11 is 0. The smallest absolute Gasteiger partial charge is 0.408 e. The normalized spacial score (nSPS) is 16.1. The topological polar surface area (TPSA) is 183 Å². The van der Waals surface area contributed by atoms with E-state index in [-0.39, 0.29) is 38.8 Å². The Balaban J connectivity index is 2.16. The molecule has 0 bridgehead atoms. The number of primary amides is 1. The van der Waals surface area contributed by atoms with Gasteiger partial charge in [0, 0.05) is 19.0 Å². The molecule has 1 saturated heterocycles. The van der Waals surface area contributed by atoms with Gasteiger partial charge in [-0.15, -0.1) is 0 Å². The van der Waals surface area contributed by atoms with Crippen molar-refractivity contribution in [3.8, 4) is 0 Å². The Labute approximate surface area is 232 Å². The van der Waals surface area contributed by atoms with E-state index < -0.39 is 53.9 Å². The lowest BCUT2D eigenvalue weighted by atomic mass is 10.1. The summed E-state index contributed by atoms with van der Waals surface area (Å²) in [5.74, 6) is -3.13. The van der Waals surface area contributed by atoms with Crippen molar-refractivity contribution in [2.45, 2.75) is 63.3 Å². The second-order valence-corrected chi connectivity index (χ2v) is 9.04. The van der Waals surface area contributed by atoms with Crippen LogP contribution >= 0.6 is 0 Å². The van der Waals surface area contributed by atoms with Gasteiger partial charge in [-0.1, -0.05) is 36.4 Å². The number of esters is 2. The van der Waals surface area contributed by atoms with E-state index in [0.717, 1.165) is 5.56 Å². The minimum atomic E-state index is -1.19. The summed E-state index contributed by atoms with van der Waals surface area (Å²) in [6.45, 7) is 0.236. The number of nitrogens with two attached hydrogens (primary N) is 1. The van der Waals surface area contributed by atoms with Crippen LogP contribution in [0.1, 0.15) is 44.1 Å². The maximum Gasteiger partial charge on any atom is 0.408 e. The van der Waals surface area contributed by atoms with Gasteiger partial charge in [0.1, 0.15) is 24.7 Å². The molecule has 13 heteroatoms. The number of carbonyl (C=O) groups is 6. The highest BCUT2D eigenvalue weighted by Crippen LogP contribution is 2.20. The van der Waals surface area contributed by atoms with Gasteiger partial charge in [0.05, 0.1) is 14.2 Å². The highest BCUT2D eigenvalue weighted by atomic mass is 16.5. The molecule has 3 atom stereocenters. The Morgan fingerprint density at radius 1 is 1.02 bits per heavy atom. The number of ether oxygens (including phenoxy) is 3. The number of carbonyl (C=O) groups excluding carboxylic acids is 6. The number of hydrogen-bond acceptors (Lipinski definition) is 9. The first-order valence-electron chi connectivity index (χ1n) is 12.8. The third-order valence-corrected chi connectivity index (χ3v) is 6.20. The molecule has 0 aromatic heterocycles. The summed E-state index contributed by atoms with van der Waals surface area (Å²) in [7, 11) is 2.44. The van der Waals surface area contributed by atoms with E-state index in [1.54, 1.807) is 24.3 Å². The Morgan fingerprint density at radius 3 is 2.40 bits per heavy atom. The number of rotatable bonds is 14. The number of benzene rings is 1. The first kappa shape index (κ1) is 31.8. The summed E-state index contributed by atoms with van der Waals surface area (Å²) in [6.07, 6.45) is 2.68. The molecule has 1 aliphatic rings. The maximum absolute atomic E-state index is 13.4.